The summed E-state index contributed by atoms with van der Waals surface area (Å²) in [5, 5.41) is 0. The van der Waals surface area contributed by atoms with Crippen LogP contribution in [0.5, 0.6) is 0 Å². The maximum Gasteiger partial charge on any atom is 0.134 e. The lowest BCUT2D eigenvalue weighted by molar-refractivity contribution is 0.177. The smallest absolute Gasteiger partial charge is 0.134 e. The van der Waals surface area contributed by atoms with Crippen LogP contribution in [-0.2, 0) is 11.3 Å². The maximum absolute atomic E-state index is 5.06. The molecular weight excluding hydrogens is 212 g/mol. The number of furan rings is 1. The molecule has 0 aliphatic heterocycles. The van der Waals surface area contributed by atoms with E-state index in [0.717, 1.165) is 11.3 Å². The number of aromatic amines is 1. The Labute approximate surface area is 91.9 Å². The van der Waals surface area contributed by atoms with E-state index in [1.165, 1.54) is 0 Å². The number of ether oxygens (including phenoxy) is 1. The van der Waals surface area contributed by atoms with Crippen LogP contribution >= 0.6 is 12.2 Å². The van der Waals surface area contributed by atoms with E-state index in [1.54, 1.807) is 25.7 Å². The lowest BCUT2D eigenvalue weighted by atomic mass is 10.2. The molecule has 1 N–H and O–H groups in total. The number of methoxy groups -OCH3 is 1. The van der Waals surface area contributed by atoms with E-state index in [-0.39, 0.29) is 0 Å². The van der Waals surface area contributed by atoms with Crippen LogP contribution in [0.1, 0.15) is 5.82 Å². The minimum atomic E-state index is 0.412. The Morgan fingerprint density at radius 2 is 2.47 bits per heavy atom. The fourth-order valence-corrected chi connectivity index (χ4v) is 1.51. The molecule has 0 amide bonds. The summed E-state index contributed by atoms with van der Waals surface area (Å²) in [5.74, 6) is 0.709. The quantitative estimate of drug-likeness (QED) is 0.811. The lowest BCUT2D eigenvalue weighted by Crippen LogP contribution is -1.98. The summed E-state index contributed by atoms with van der Waals surface area (Å²) < 4.78 is 10.5. The van der Waals surface area contributed by atoms with E-state index >= 15 is 0 Å². The average molecular weight is 222 g/mol. The predicted octanol–water partition coefficient (Wildman–Crippen LogP) is 2.55. The Morgan fingerprint density at radius 3 is 3.13 bits per heavy atom. The van der Waals surface area contributed by atoms with Crippen molar-refractivity contribution in [3.05, 3.63) is 35.1 Å². The molecule has 0 spiro atoms. The van der Waals surface area contributed by atoms with Gasteiger partial charge >= 0.3 is 0 Å². The molecular formula is C10H10N2O2S. The molecule has 2 aromatic rings. The Morgan fingerprint density at radius 1 is 1.60 bits per heavy atom. The van der Waals surface area contributed by atoms with Crippen LogP contribution in [0.2, 0.25) is 0 Å². The molecule has 2 aromatic heterocycles. The van der Waals surface area contributed by atoms with E-state index < -0.39 is 0 Å². The van der Waals surface area contributed by atoms with Crippen molar-refractivity contribution < 1.29 is 9.15 Å². The van der Waals surface area contributed by atoms with Crippen molar-refractivity contribution in [3.8, 4) is 11.3 Å². The summed E-state index contributed by atoms with van der Waals surface area (Å²) in [6.45, 7) is 0.412. The molecule has 0 aromatic carbocycles. The zero-order valence-corrected chi connectivity index (χ0v) is 9.00. The SMILES string of the molecule is COCc1nc(=S)cc(-c2ccoc2)[nH]1. The van der Waals surface area contributed by atoms with Gasteiger partial charge in [-0.2, -0.15) is 0 Å². The standard InChI is InChI=1S/C10H10N2O2S/c1-13-6-9-11-8(4-10(15)12-9)7-2-3-14-5-7/h2-5H,6H2,1H3,(H,11,12,15). The largest absolute Gasteiger partial charge is 0.472 e. The molecule has 0 atom stereocenters. The number of rotatable bonds is 3. The first-order valence-corrected chi connectivity index (χ1v) is 4.82. The molecule has 2 heterocycles. The van der Waals surface area contributed by atoms with E-state index in [4.69, 9.17) is 21.4 Å². The van der Waals surface area contributed by atoms with Crippen molar-refractivity contribution in [1.29, 1.82) is 0 Å². The maximum atomic E-state index is 5.06. The Kier molecular flexibility index (Phi) is 2.94. The van der Waals surface area contributed by atoms with Crippen molar-refractivity contribution in [3.63, 3.8) is 0 Å². The van der Waals surface area contributed by atoms with Crippen molar-refractivity contribution in [2.24, 2.45) is 0 Å². The molecule has 15 heavy (non-hydrogen) atoms. The Balaban J connectivity index is 2.44. The molecule has 0 saturated heterocycles. The van der Waals surface area contributed by atoms with Gasteiger partial charge in [-0.05, 0) is 12.1 Å². The van der Waals surface area contributed by atoms with Crippen LogP contribution in [0.4, 0.5) is 0 Å². The van der Waals surface area contributed by atoms with Gasteiger partial charge in [0.25, 0.3) is 0 Å². The highest BCUT2D eigenvalue weighted by Gasteiger charge is 2.02. The van der Waals surface area contributed by atoms with E-state index in [1.807, 2.05) is 6.07 Å². The van der Waals surface area contributed by atoms with Gasteiger partial charge in [-0.3, -0.25) is 0 Å². The number of nitrogens with zero attached hydrogens (tertiary/aromatic N) is 1. The number of H-pyrrole nitrogens is 1. The molecule has 5 heteroatoms. The first-order valence-electron chi connectivity index (χ1n) is 4.41. The van der Waals surface area contributed by atoms with Gasteiger partial charge in [0, 0.05) is 12.7 Å². The number of hydrogen-bond donors (Lipinski definition) is 1. The second-order valence-electron chi connectivity index (χ2n) is 3.02. The second kappa shape index (κ2) is 4.37. The molecule has 0 radical (unpaired) electrons. The Bertz CT molecular complexity index is 490. The fraction of sp³-hybridized carbons (Fsp3) is 0.200. The van der Waals surface area contributed by atoms with E-state index in [0.29, 0.717) is 17.1 Å². The first-order chi connectivity index (χ1) is 7.29. The fourth-order valence-electron chi connectivity index (χ4n) is 1.29. The minimum absolute atomic E-state index is 0.412. The summed E-state index contributed by atoms with van der Waals surface area (Å²) in [6.07, 6.45) is 3.26. The zero-order valence-electron chi connectivity index (χ0n) is 8.19. The zero-order chi connectivity index (χ0) is 10.7. The summed E-state index contributed by atoms with van der Waals surface area (Å²) in [7, 11) is 1.61. The van der Waals surface area contributed by atoms with Gasteiger partial charge in [-0.25, -0.2) is 4.98 Å². The number of nitrogens with one attached hydrogen (secondary N) is 1. The topological polar surface area (TPSA) is 51.1 Å². The van der Waals surface area contributed by atoms with Gasteiger partial charge in [-0.15, -0.1) is 0 Å². The number of hydrogen-bond acceptors (Lipinski definition) is 4. The van der Waals surface area contributed by atoms with Crippen molar-refractivity contribution in [2.75, 3.05) is 7.11 Å². The molecule has 2 rings (SSSR count). The van der Waals surface area contributed by atoms with Gasteiger partial charge < -0.3 is 14.1 Å². The van der Waals surface area contributed by atoms with Gasteiger partial charge in [0.2, 0.25) is 0 Å². The molecule has 78 valence electrons. The highest BCUT2D eigenvalue weighted by molar-refractivity contribution is 7.71. The summed E-state index contributed by atoms with van der Waals surface area (Å²) in [4.78, 5) is 7.26. The monoisotopic (exact) mass is 222 g/mol. The van der Waals surface area contributed by atoms with E-state index in [2.05, 4.69) is 9.97 Å². The molecule has 0 saturated carbocycles. The summed E-state index contributed by atoms with van der Waals surface area (Å²) >= 11 is 5.06. The van der Waals surface area contributed by atoms with Crippen molar-refractivity contribution >= 4 is 12.2 Å². The molecule has 4 nitrogen and oxygen atoms in total. The summed E-state index contributed by atoms with van der Waals surface area (Å²) in [6, 6.07) is 3.65. The molecule has 0 fully saturated rings. The van der Waals surface area contributed by atoms with E-state index in [9.17, 15) is 0 Å². The molecule has 0 bridgehead atoms. The highest BCUT2D eigenvalue weighted by Crippen LogP contribution is 2.17. The molecule has 0 aliphatic rings. The third-order valence-electron chi connectivity index (χ3n) is 1.91. The second-order valence-corrected chi connectivity index (χ2v) is 3.44. The van der Waals surface area contributed by atoms with Crippen LogP contribution in [0.25, 0.3) is 11.3 Å². The van der Waals surface area contributed by atoms with Crippen molar-refractivity contribution in [2.45, 2.75) is 6.61 Å². The van der Waals surface area contributed by atoms with Crippen LogP contribution < -0.4 is 0 Å². The lowest BCUT2D eigenvalue weighted by Gasteiger charge is -2.02. The summed E-state index contributed by atoms with van der Waals surface area (Å²) in [5.41, 5.74) is 1.83. The first kappa shape index (κ1) is 10.1. The van der Waals surface area contributed by atoms with Gasteiger partial charge in [-0.1, -0.05) is 12.2 Å². The van der Waals surface area contributed by atoms with Gasteiger partial charge in [0.15, 0.2) is 0 Å². The van der Waals surface area contributed by atoms with Crippen LogP contribution in [-0.4, -0.2) is 17.1 Å². The van der Waals surface area contributed by atoms with Crippen LogP contribution in [0, 0.1) is 4.64 Å². The molecule has 0 unspecified atom stereocenters. The van der Waals surface area contributed by atoms with Gasteiger partial charge in [0.1, 0.15) is 17.1 Å². The highest BCUT2D eigenvalue weighted by atomic mass is 32.1. The molecule has 0 aliphatic carbocycles. The third kappa shape index (κ3) is 2.31. The minimum Gasteiger partial charge on any atom is -0.472 e. The van der Waals surface area contributed by atoms with Crippen LogP contribution in [0.3, 0.4) is 0 Å². The van der Waals surface area contributed by atoms with Crippen molar-refractivity contribution in [1.82, 2.24) is 9.97 Å². The van der Waals surface area contributed by atoms with Gasteiger partial charge in [0.05, 0.1) is 18.2 Å². The predicted molar refractivity (Wildman–Crippen MR) is 57.8 cm³/mol. The number of aromatic nitrogens is 2. The third-order valence-corrected chi connectivity index (χ3v) is 2.11. The normalized spacial score (nSPS) is 10.5. The Hall–Kier alpha value is -1.46. The average Bonchev–Trinajstić information content (AvgIpc) is 2.70. The van der Waals surface area contributed by atoms with Crippen LogP contribution in [0.15, 0.2) is 29.1 Å².